The maximum atomic E-state index is 10.7. The fraction of sp³-hybridized carbons (Fsp3) is 0.500. The van der Waals surface area contributed by atoms with Crippen LogP contribution in [0.1, 0.15) is 0 Å². The first kappa shape index (κ1) is 63.6. The Labute approximate surface area is 195 Å². The van der Waals surface area contributed by atoms with Crippen molar-refractivity contribution in [2.75, 3.05) is 0 Å². The smallest absolute Gasteiger partial charge is 0.485 e. The van der Waals surface area contributed by atoms with Crippen molar-refractivity contribution in [2.45, 2.75) is 16.5 Å². The summed E-state index contributed by atoms with van der Waals surface area (Å²) < 4.78 is 177. The minimum Gasteiger partial charge on any atom is -0.741 e. The molecule has 0 aliphatic rings. The SMILES string of the molecule is N.N.N.N.N.O=S(=O)([O-])C(F)(F)F.O=S(=O)([O-])C(F)(F)F.O=S(=O)([O-])C(F)(F)F.[CH2]C=C.[Os]. The molecule has 33 heavy (non-hydrogen) atoms. The average Bonchev–Trinajstić information content (AvgIpc) is 2.22. The summed E-state index contributed by atoms with van der Waals surface area (Å²) in [5.74, 6) is 0. The van der Waals surface area contributed by atoms with Gasteiger partial charge in [-0.2, -0.15) is 39.5 Å². The summed E-state index contributed by atoms with van der Waals surface area (Å²) in [6.45, 7) is 6.50. The third-order valence-electron chi connectivity index (χ3n) is 0.850. The monoisotopic (exact) mass is 765 g/mol. The zero-order valence-electron chi connectivity index (χ0n) is 15.7. The van der Waals surface area contributed by atoms with Crippen molar-refractivity contribution in [3.63, 3.8) is 0 Å². The largest absolute Gasteiger partial charge is 0.741 e. The second kappa shape index (κ2) is 21.8. The summed E-state index contributed by atoms with van der Waals surface area (Å²) in [7, 11) is -18.3. The molecule has 0 aromatic carbocycles. The predicted octanol–water partition coefficient (Wildman–Crippen LogP) is 1.97. The molecule has 0 saturated carbocycles. The Morgan fingerprint density at radius 1 is 0.515 bits per heavy atom. The third kappa shape index (κ3) is 38.8. The van der Waals surface area contributed by atoms with Gasteiger partial charge in [-0.05, 0) is 6.92 Å². The van der Waals surface area contributed by atoms with E-state index < -0.39 is 46.9 Å². The molecule has 0 unspecified atom stereocenters. The van der Waals surface area contributed by atoms with Crippen LogP contribution in [0.15, 0.2) is 12.7 Å². The first-order valence-electron chi connectivity index (χ1n) is 4.63. The Morgan fingerprint density at radius 2 is 0.545 bits per heavy atom. The van der Waals surface area contributed by atoms with Gasteiger partial charge in [-0.1, -0.05) is 6.08 Å². The molecule has 27 heteroatoms. The number of halogens is 9. The van der Waals surface area contributed by atoms with E-state index in [2.05, 4.69) is 13.5 Å². The molecule has 0 fully saturated rings. The van der Waals surface area contributed by atoms with Crippen molar-refractivity contribution in [3.05, 3.63) is 19.6 Å². The molecule has 0 heterocycles. The molecule has 0 aliphatic carbocycles. The standard InChI is InChI=1S/C3H5.3CHF3O3S.5H3N.Os/c1-3-2;3*2-1(3,4)8(5,6)7;;;;;;/h3H,1-2H2;3*(H,5,6,7);5*1H3;/p-3. The predicted molar refractivity (Wildman–Crippen MR) is 87.9 cm³/mol. The van der Waals surface area contributed by atoms with Crippen LogP contribution < -0.4 is 30.8 Å². The van der Waals surface area contributed by atoms with E-state index in [1.807, 2.05) is 0 Å². The summed E-state index contributed by atoms with van der Waals surface area (Å²) in [6.07, 6.45) is 1.50. The number of alkyl halides is 9. The van der Waals surface area contributed by atoms with E-state index in [1.54, 1.807) is 0 Å². The molecule has 0 bridgehead atoms. The van der Waals surface area contributed by atoms with Gasteiger partial charge in [-0.15, -0.1) is 6.58 Å². The first-order valence-corrected chi connectivity index (χ1v) is 8.85. The maximum absolute atomic E-state index is 10.7. The van der Waals surface area contributed by atoms with Crippen LogP contribution in [-0.4, -0.2) is 55.4 Å². The molecular weight excluding hydrogens is 744 g/mol. The molecule has 0 atom stereocenters. The zero-order valence-corrected chi connectivity index (χ0v) is 20.7. The van der Waals surface area contributed by atoms with Crippen molar-refractivity contribution in [1.82, 2.24) is 30.8 Å². The van der Waals surface area contributed by atoms with Gasteiger partial charge in [0.15, 0.2) is 30.4 Å². The van der Waals surface area contributed by atoms with Gasteiger partial charge in [-0.3, -0.25) is 0 Å². The zero-order chi connectivity index (χ0) is 23.7. The summed E-state index contributed by atoms with van der Waals surface area (Å²) in [6, 6.07) is 0. The fourth-order valence-electron chi connectivity index (χ4n) is 0. The van der Waals surface area contributed by atoms with E-state index in [9.17, 15) is 39.5 Å². The van der Waals surface area contributed by atoms with Crippen LogP contribution in [0.25, 0.3) is 0 Å². The molecule has 14 nitrogen and oxygen atoms in total. The topological polar surface area (TPSA) is 347 Å². The molecule has 0 aromatic heterocycles. The van der Waals surface area contributed by atoms with Gasteiger partial charge in [0.2, 0.25) is 0 Å². The van der Waals surface area contributed by atoms with Crippen molar-refractivity contribution < 1.29 is 98.2 Å². The van der Waals surface area contributed by atoms with Crippen molar-refractivity contribution in [2.24, 2.45) is 0 Å². The Balaban J connectivity index is -0.0000000261. The quantitative estimate of drug-likeness (QED) is 0.134. The third-order valence-corrected chi connectivity index (χ3v) is 2.55. The minimum absolute atomic E-state index is 0. The second-order valence-electron chi connectivity index (χ2n) is 2.99. The summed E-state index contributed by atoms with van der Waals surface area (Å²) >= 11 is 0. The Kier molecular flexibility index (Phi) is 42.0. The number of hydrogen-bond donors (Lipinski definition) is 5. The Morgan fingerprint density at radius 3 is 0.545 bits per heavy atom. The summed E-state index contributed by atoms with van der Waals surface area (Å²) in [4.78, 5) is 0. The van der Waals surface area contributed by atoms with Gasteiger partial charge >= 0.3 is 16.5 Å². The molecular formula is C6H20F9N5O9OsS3-3. The van der Waals surface area contributed by atoms with Gasteiger partial charge in [0.05, 0.1) is 0 Å². The van der Waals surface area contributed by atoms with Crippen LogP contribution in [0.2, 0.25) is 0 Å². The first-order chi connectivity index (χ1) is 11.2. The minimum atomic E-state index is -6.09. The van der Waals surface area contributed by atoms with Gasteiger partial charge in [0.25, 0.3) is 0 Å². The summed E-state index contributed by atoms with van der Waals surface area (Å²) in [5.41, 5.74) is -16.9. The molecule has 215 valence electrons. The van der Waals surface area contributed by atoms with E-state index in [0.29, 0.717) is 0 Å². The molecule has 0 rings (SSSR count). The van der Waals surface area contributed by atoms with E-state index in [4.69, 9.17) is 38.9 Å². The second-order valence-corrected chi connectivity index (χ2v) is 7.10. The van der Waals surface area contributed by atoms with Gasteiger partial charge in [0.1, 0.15) is 0 Å². The summed E-state index contributed by atoms with van der Waals surface area (Å²) in [5, 5.41) is 0. The molecule has 0 aromatic rings. The van der Waals surface area contributed by atoms with Crippen LogP contribution in [0.4, 0.5) is 39.5 Å². The number of allylic oxidation sites excluding steroid dienone is 1. The van der Waals surface area contributed by atoms with E-state index in [1.165, 1.54) is 6.08 Å². The van der Waals surface area contributed by atoms with Gasteiger partial charge in [-0.25, -0.2) is 25.3 Å². The number of rotatable bonds is 0. The molecule has 1 radical (unpaired) electrons. The number of hydrogen-bond acceptors (Lipinski definition) is 14. The van der Waals surface area contributed by atoms with Gasteiger partial charge in [0, 0.05) is 19.8 Å². The Hall–Kier alpha value is -0.724. The van der Waals surface area contributed by atoms with Crippen LogP contribution in [0, 0.1) is 6.92 Å². The molecule has 0 aliphatic heterocycles. The van der Waals surface area contributed by atoms with Crippen LogP contribution in [0.5, 0.6) is 0 Å². The average molecular weight is 764 g/mol. The molecule has 0 spiro atoms. The van der Waals surface area contributed by atoms with Crippen LogP contribution in [0.3, 0.4) is 0 Å². The van der Waals surface area contributed by atoms with Crippen LogP contribution >= 0.6 is 0 Å². The van der Waals surface area contributed by atoms with E-state index in [0.717, 1.165) is 0 Å². The fourth-order valence-corrected chi connectivity index (χ4v) is 0. The maximum Gasteiger partial charge on any atom is 0.485 e. The molecule has 0 saturated heterocycles. The molecule has 15 N–H and O–H groups in total. The normalized spacial score (nSPS) is 10.6. The van der Waals surface area contributed by atoms with Crippen molar-refractivity contribution in [1.29, 1.82) is 0 Å². The van der Waals surface area contributed by atoms with E-state index in [-0.39, 0.29) is 50.5 Å². The van der Waals surface area contributed by atoms with Gasteiger partial charge < -0.3 is 44.4 Å². The van der Waals surface area contributed by atoms with Crippen molar-refractivity contribution >= 4 is 30.4 Å². The van der Waals surface area contributed by atoms with E-state index >= 15 is 0 Å². The Bertz CT molecular complexity index is 667. The van der Waals surface area contributed by atoms with Crippen LogP contribution in [-0.2, 0) is 50.1 Å². The molecule has 0 amide bonds. The van der Waals surface area contributed by atoms with Crippen molar-refractivity contribution in [3.8, 4) is 0 Å².